The Hall–Kier alpha value is -0.610. The van der Waals surface area contributed by atoms with Crippen LogP contribution < -0.4 is 5.73 Å². The lowest BCUT2D eigenvalue weighted by Gasteiger charge is -2.27. The van der Waals surface area contributed by atoms with Crippen molar-refractivity contribution in [3.8, 4) is 0 Å². The standard InChI is InChI=1S/C8H15NO3/c9-7(8(11)12)5-3-1-2-4-6(5)10/h5-7,10H,1-4,9H2,(H,11,12)/p+1. The minimum absolute atomic E-state index is 0.142. The van der Waals surface area contributed by atoms with Gasteiger partial charge in [-0.2, -0.15) is 0 Å². The van der Waals surface area contributed by atoms with Crippen LogP contribution in [0.25, 0.3) is 0 Å². The van der Waals surface area contributed by atoms with E-state index in [9.17, 15) is 9.90 Å². The molecule has 0 spiro atoms. The van der Waals surface area contributed by atoms with Crippen molar-refractivity contribution in [3.05, 3.63) is 0 Å². The van der Waals surface area contributed by atoms with E-state index in [1.807, 2.05) is 0 Å². The van der Waals surface area contributed by atoms with Crippen molar-refractivity contribution in [1.82, 2.24) is 0 Å². The molecule has 1 saturated carbocycles. The molecule has 1 aliphatic carbocycles. The molecule has 4 nitrogen and oxygen atoms in total. The highest BCUT2D eigenvalue weighted by Gasteiger charge is 2.35. The van der Waals surface area contributed by atoms with Crippen molar-refractivity contribution in [1.29, 1.82) is 0 Å². The van der Waals surface area contributed by atoms with Crippen LogP contribution in [0, 0.1) is 5.92 Å². The van der Waals surface area contributed by atoms with E-state index in [1.54, 1.807) is 0 Å². The number of aliphatic carboxylic acids is 1. The van der Waals surface area contributed by atoms with Crippen LogP contribution in [-0.4, -0.2) is 28.3 Å². The fourth-order valence-electron chi connectivity index (χ4n) is 1.79. The van der Waals surface area contributed by atoms with Gasteiger partial charge < -0.3 is 15.9 Å². The summed E-state index contributed by atoms with van der Waals surface area (Å²) in [6.07, 6.45) is 3.08. The van der Waals surface area contributed by atoms with Gasteiger partial charge in [0.25, 0.3) is 0 Å². The van der Waals surface area contributed by atoms with Crippen molar-refractivity contribution in [2.75, 3.05) is 0 Å². The zero-order chi connectivity index (χ0) is 9.14. The number of carbonyl (C=O) groups is 1. The van der Waals surface area contributed by atoms with Crippen LogP contribution in [0.2, 0.25) is 0 Å². The van der Waals surface area contributed by atoms with Gasteiger partial charge in [0.2, 0.25) is 0 Å². The zero-order valence-corrected chi connectivity index (χ0v) is 7.07. The lowest BCUT2D eigenvalue weighted by Crippen LogP contribution is -2.70. The highest BCUT2D eigenvalue weighted by molar-refractivity contribution is 5.72. The van der Waals surface area contributed by atoms with Crippen LogP contribution in [0.3, 0.4) is 0 Å². The molecular weight excluding hydrogens is 158 g/mol. The lowest BCUT2D eigenvalue weighted by molar-refractivity contribution is -0.425. The normalized spacial score (nSPS) is 32.8. The van der Waals surface area contributed by atoms with Gasteiger partial charge in [0, 0.05) is 5.92 Å². The molecule has 0 amide bonds. The smallest absolute Gasteiger partial charge is 0.362 e. The first-order valence-electron chi connectivity index (χ1n) is 4.37. The molecule has 0 aliphatic heterocycles. The number of carboxylic acids is 1. The largest absolute Gasteiger partial charge is 0.477 e. The van der Waals surface area contributed by atoms with E-state index in [4.69, 9.17) is 5.11 Å². The topological polar surface area (TPSA) is 85.2 Å². The predicted molar refractivity (Wildman–Crippen MR) is 42.3 cm³/mol. The number of aliphatic hydroxyl groups excluding tert-OH is 1. The molecule has 3 atom stereocenters. The highest BCUT2D eigenvalue weighted by Crippen LogP contribution is 2.25. The number of carboxylic acid groups (broad SMARTS) is 1. The summed E-state index contributed by atoms with van der Waals surface area (Å²) in [5.74, 6) is -1.04. The molecule has 1 rings (SSSR count). The third kappa shape index (κ3) is 1.95. The monoisotopic (exact) mass is 174 g/mol. The third-order valence-corrected chi connectivity index (χ3v) is 2.62. The molecule has 0 aromatic carbocycles. The van der Waals surface area contributed by atoms with Gasteiger partial charge in [-0.1, -0.05) is 12.8 Å². The average molecular weight is 174 g/mol. The maximum atomic E-state index is 10.6. The van der Waals surface area contributed by atoms with Crippen LogP contribution in [0.1, 0.15) is 25.7 Å². The van der Waals surface area contributed by atoms with Crippen molar-refractivity contribution >= 4 is 5.97 Å². The van der Waals surface area contributed by atoms with Gasteiger partial charge in [-0.05, 0) is 12.8 Å². The molecule has 0 heterocycles. The fraction of sp³-hybridized carbons (Fsp3) is 0.875. The van der Waals surface area contributed by atoms with Gasteiger partial charge in [-0.3, -0.25) is 0 Å². The predicted octanol–water partition coefficient (Wildman–Crippen LogP) is -0.767. The summed E-state index contributed by atoms with van der Waals surface area (Å²) in [6.45, 7) is 0. The molecule has 1 fully saturated rings. The van der Waals surface area contributed by atoms with Crippen molar-refractivity contribution in [2.24, 2.45) is 5.92 Å². The molecule has 70 valence electrons. The number of rotatable bonds is 2. The van der Waals surface area contributed by atoms with Gasteiger partial charge >= 0.3 is 5.97 Å². The second-order valence-electron chi connectivity index (χ2n) is 3.46. The quantitative estimate of drug-likeness (QED) is 0.514. The van der Waals surface area contributed by atoms with Gasteiger partial charge in [0.05, 0.1) is 6.10 Å². The molecule has 0 bridgehead atoms. The van der Waals surface area contributed by atoms with Crippen LogP contribution in [0.5, 0.6) is 0 Å². The first-order valence-corrected chi connectivity index (χ1v) is 4.37. The van der Waals surface area contributed by atoms with E-state index in [0.29, 0.717) is 0 Å². The fourth-order valence-corrected chi connectivity index (χ4v) is 1.79. The molecule has 1 aliphatic rings. The number of quaternary nitrogens is 1. The SMILES string of the molecule is [NH3+]C(C(=O)O)C1CCCCC1O. The van der Waals surface area contributed by atoms with Gasteiger partial charge in [-0.15, -0.1) is 0 Å². The Morgan fingerprint density at radius 3 is 2.50 bits per heavy atom. The van der Waals surface area contributed by atoms with E-state index in [0.717, 1.165) is 25.7 Å². The minimum Gasteiger partial charge on any atom is -0.477 e. The molecule has 5 N–H and O–H groups in total. The van der Waals surface area contributed by atoms with E-state index in [-0.39, 0.29) is 5.92 Å². The molecule has 3 unspecified atom stereocenters. The summed E-state index contributed by atoms with van der Waals surface area (Å²) >= 11 is 0. The second-order valence-corrected chi connectivity index (χ2v) is 3.46. The third-order valence-electron chi connectivity index (χ3n) is 2.62. The Kier molecular flexibility index (Phi) is 3.05. The zero-order valence-electron chi connectivity index (χ0n) is 7.07. The van der Waals surface area contributed by atoms with Crippen molar-refractivity contribution in [3.63, 3.8) is 0 Å². The highest BCUT2D eigenvalue weighted by atomic mass is 16.4. The summed E-state index contributed by atoms with van der Waals surface area (Å²) in [7, 11) is 0. The molecule has 0 radical (unpaired) electrons. The van der Waals surface area contributed by atoms with Crippen molar-refractivity contribution in [2.45, 2.75) is 37.8 Å². The molecule has 4 heteroatoms. The summed E-state index contributed by atoms with van der Waals surface area (Å²) in [5, 5.41) is 18.2. The van der Waals surface area contributed by atoms with Crippen LogP contribution >= 0.6 is 0 Å². The second kappa shape index (κ2) is 3.87. The minimum atomic E-state index is -0.902. The molecular formula is C8H16NO3+. The first-order chi connectivity index (χ1) is 5.63. The van der Waals surface area contributed by atoms with Crippen molar-refractivity contribution < 1.29 is 20.7 Å². The first kappa shape index (κ1) is 9.48. The van der Waals surface area contributed by atoms with Gasteiger partial charge in [-0.25, -0.2) is 4.79 Å². The maximum Gasteiger partial charge on any atom is 0.362 e. The Labute approximate surface area is 71.4 Å². The Morgan fingerprint density at radius 2 is 2.00 bits per heavy atom. The van der Waals surface area contributed by atoms with E-state index < -0.39 is 18.1 Å². The van der Waals surface area contributed by atoms with E-state index >= 15 is 0 Å². The Morgan fingerprint density at radius 1 is 1.42 bits per heavy atom. The maximum absolute atomic E-state index is 10.6. The molecule has 0 aromatic heterocycles. The number of aliphatic hydroxyl groups is 1. The lowest BCUT2D eigenvalue weighted by atomic mass is 9.82. The molecule has 0 saturated heterocycles. The summed E-state index contributed by atoms with van der Waals surface area (Å²) in [6, 6.07) is -0.653. The Bertz CT molecular complexity index is 172. The van der Waals surface area contributed by atoms with E-state index in [1.165, 1.54) is 0 Å². The number of hydrogen-bond acceptors (Lipinski definition) is 2. The van der Waals surface area contributed by atoms with E-state index in [2.05, 4.69) is 5.73 Å². The average Bonchev–Trinajstić information content (AvgIpc) is 2.04. The summed E-state index contributed by atoms with van der Waals surface area (Å²) in [5.41, 5.74) is 3.55. The number of hydrogen-bond donors (Lipinski definition) is 3. The van der Waals surface area contributed by atoms with Gasteiger partial charge in [0.1, 0.15) is 0 Å². The molecule has 12 heavy (non-hydrogen) atoms. The van der Waals surface area contributed by atoms with Gasteiger partial charge in [0.15, 0.2) is 6.04 Å². The van der Waals surface area contributed by atoms with Crippen LogP contribution in [0.4, 0.5) is 0 Å². The summed E-state index contributed by atoms with van der Waals surface area (Å²) < 4.78 is 0. The van der Waals surface area contributed by atoms with Crippen LogP contribution in [0.15, 0.2) is 0 Å². The summed E-state index contributed by atoms with van der Waals surface area (Å²) in [4.78, 5) is 10.6. The molecule has 0 aromatic rings. The Balaban J connectivity index is 2.53. The van der Waals surface area contributed by atoms with Crippen LogP contribution in [-0.2, 0) is 4.79 Å².